The number of imidazole rings is 1. The minimum Gasteiger partial charge on any atom is -0.480 e. The van der Waals surface area contributed by atoms with Crippen LogP contribution in [0.15, 0.2) is 55.2 Å². The zero-order valence-corrected chi connectivity index (χ0v) is 48.1. The molecule has 13 rings (SSSR count). The first-order valence-corrected chi connectivity index (χ1v) is 30.7. The molecule has 85 heavy (non-hydrogen) atoms. The summed E-state index contributed by atoms with van der Waals surface area (Å²) in [4.78, 5) is 56.6. The molecule has 23 heteroatoms. The van der Waals surface area contributed by atoms with Gasteiger partial charge in [-0.15, -0.1) is 5.10 Å². The van der Waals surface area contributed by atoms with Gasteiger partial charge in [-0.25, -0.2) is 29.0 Å². The van der Waals surface area contributed by atoms with E-state index < -0.39 is 48.7 Å². The topological polar surface area (TPSA) is 302 Å². The molecule has 2 saturated heterocycles. The van der Waals surface area contributed by atoms with Crippen LogP contribution in [0, 0.1) is 0 Å². The van der Waals surface area contributed by atoms with Crippen molar-refractivity contribution in [3.8, 4) is 11.5 Å². The van der Waals surface area contributed by atoms with E-state index >= 15 is 0 Å². The Morgan fingerprint density at radius 2 is 1.66 bits per heavy atom. The van der Waals surface area contributed by atoms with E-state index in [0.29, 0.717) is 67.9 Å². The summed E-state index contributed by atoms with van der Waals surface area (Å²) in [5.41, 5.74) is 30.3. The number of unbranched alkanes of at least 4 members (excludes halogenated alkanes) is 3. The number of nitrogens with zero attached hydrogens (tertiary/aromatic N) is 10. The average Bonchev–Trinajstić information content (AvgIpc) is 1.78. The molecular formula is C62H77N14O9+. The molecule has 3 aromatic carbocycles. The zero-order valence-electron chi connectivity index (χ0n) is 48.1. The van der Waals surface area contributed by atoms with Crippen molar-refractivity contribution in [3.63, 3.8) is 0 Å². The van der Waals surface area contributed by atoms with Crippen molar-refractivity contribution in [1.82, 2.24) is 49.3 Å². The van der Waals surface area contributed by atoms with Crippen LogP contribution >= 0.6 is 0 Å². The number of likely N-dealkylation sites (tertiary alicyclic amines) is 1. The number of fused-ring (bicyclic) bond motifs is 5. The van der Waals surface area contributed by atoms with Gasteiger partial charge >= 0.3 is 12.1 Å². The van der Waals surface area contributed by atoms with Gasteiger partial charge in [-0.3, -0.25) is 14.2 Å². The van der Waals surface area contributed by atoms with Crippen LogP contribution in [0.25, 0.3) is 16.7 Å². The van der Waals surface area contributed by atoms with Gasteiger partial charge in [0.25, 0.3) is 5.91 Å². The fourth-order valence-electron chi connectivity index (χ4n) is 14.3. The number of carboxylic acids is 1. The Bertz CT molecular complexity index is 3650. The Balaban J connectivity index is 0.597. The molecule has 0 spiro atoms. The molecule has 0 aliphatic carbocycles. The summed E-state index contributed by atoms with van der Waals surface area (Å²) in [7, 11) is 0. The van der Waals surface area contributed by atoms with E-state index in [0.717, 1.165) is 137 Å². The Kier molecular flexibility index (Phi) is 16.3. The van der Waals surface area contributed by atoms with Crippen LogP contribution in [0.1, 0.15) is 139 Å². The third-order valence-electron chi connectivity index (χ3n) is 18.5. The zero-order chi connectivity index (χ0) is 58.3. The summed E-state index contributed by atoms with van der Waals surface area (Å²) in [6.45, 7) is 6.39. The smallest absolute Gasteiger partial charge is 0.407 e. The molecule has 0 unspecified atom stereocenters. The number of nitrogens with two attached hydrogens (primary N) is 3. The number of aryl methyl sites for hydroxylation is 3. The lowest BCUT2D eigenvalue weighted by atomic mass is 9.81. The standard InChI is InChI=1S/C62H76N14O9/c63-38(17-18-47(64)61(79)80)31-48-56(53(77)60(84-48)75-35-69-50-57(65)67-34-68-58(50)75)82-33-39-32-70-71-76(39)26-6-2-1-5-21-66-62(81)83-40-19-27-74(28-20-40)59(78)42-14-4-3-13-41(42)49-45-29-36-11-7-22-72-24-9-15-43(51(36)72)54(45)85-55-44-16-10-25-73-23-8-12-37(52(44)73)30-46(49)55/h3-4,13-14,29-30,32,34-35,38,40,47-48,53,56,60,77H,1-2,5-12,15-28,31,33,63-64H2,(H3-,65,66,67,68,79,80,81)/p+1/t38-,47-,48+,53+,56+,60+/m0/s1. The number of aliphatic hydroxyl groups excluding tert-OH is 1. The second-order valence-corrected chi connectivity index (χ2v) is 24.0. The molecule has 6 aromatic rings. The summed E-state index contributed by atoms with van der Waals surface area (Å²) < 4.78 is 31.9. The predicted molar refractivity (Wildman–Crippen MR) is 314 cm³/mol. The normalized spacial score (nSPS) is 21.4. The lowest BCUT2D eigenvalue weighted by Crippen LogP contribution is -2.45. The number of ether oxygens (including phenoxy) is 4. The highest BCUT2D eigenvalue weighted by Crippen LogP contribution is 2.49. The highest BCUT2D eigenvalue weighted by atomic mass is 16.6. The number of nitrogen functional groups attached to an aromatic ring is 1. The van der Waals surface area contributed by atoms with Crippen LogP contribution in [-0.4, -0.2) is 150 Å². The molecule has 23 nitrogen and oxygen atoms in total. The van der Waals surface area contributed by atoms with E-state index in [1.54, 1.807) is 15.4 Å². The Labute approximate surface area is 492 Å². The number of carbonyl (C=O) groups excluding carboxylic acids is 2. The van der Waals surface area contributed by atoms with E-state index in [4.69, 9.17) is 36.1 Å². The first-order valence-electron chi connectivity index (χ1n) is 30.7. The van der Waals surface area contributed by atoms with Crippen LogP contribution in [0.5, 0.6) is 11.5 Å². The SMILES string of the molecule is Nc1ncnc2c1ncn2[C@@H]1O[C@H](C[C@@H](N)CC[C@H](N)C(=O)O)[C@@H](OCc2cnnn2CCCCCCNC(=O)OC2CCN(C(=O)c3ccccc3C3=c4cc5c6c(c4Oc4c3cc3c7c4CCCN7CCC3)CCC[N+]=6CCC5)CC2)[C@H]1O. The van der Waals surface area contributed by atoms with Crippen molar-refractivity contribution in [2.75, 3.05) is 56.4 Å². The fourth-order valence-corrected chi connectivity index (χ4v) is 14.3. The number of nitrogens with one attached hydrogen (secondary N) is 1. The molecule has 9 N–H and O–H groups in total. The van der Waals surface area contributed by atoms with E-state index in [1.165, 1.54) is 46.0 Å². The van der Waals surface area contributed by atoms with Crippen LogP contribution in [-0.2, 0) is 57.8 Å². The largest absolute Gasteiger partial charge is 0.480 e. The van der Waals surface area contributed by atoms with Gasteiger partial charge in [0, 0.05) is 110 Å². The number of carboxylic acid groups (broad SMARTS) is 1. The first-order chi connectivity index (χ1) is 41.5. The van der Waals surface area contributed by atoms with Crippen molar-refractivity contribution >= 4 is 46.2 Å². The first kappa shape index (κ1) is 56.6. The van der Waals surface area contributed by atoms with E-state index in [2.05, 4.69) is 64.3 Å². The number of rotatable bonds is 20. The number of piperidine rings is 1. The molecule has 7 aliphatic rings. The Hall–Kier alpha value is -7.57. The third kappa shape index (κ3) is 11.2. The highest BCUT2D eigenvalue weighted by molar-refractivity contribution is 6.02. The molecule has 2 fully saturated rings. The van der Waals surface area contributed by atoms with Gasteiger partial charge in [0.15, 0.2) is 17.7 Å². The molecular weight excluding hydrogens is 1080 g/mol. The molecule has 7 aliphatic heterocycles. The molecule has 2 amide bonds. The maximum absolute atomic E-state index is 14.9. The quantitative estimate of drug-likeness (QED) is 0.0467. The molecule has 6 atom stereocenters. The highest BCUT2D eigenvalue weighted by Gasteiger charge is 2.47. The lowest BCUT2D eigenvalue weighted by molar-refractivity contribution is -0.138. The molecule has 0 radical (unpaired) electrons. The van der Waals surface area contributed by atoms with Crippen molar-refractivity contribution < 1.29 is 43.5 Å². The number of anilines is 2. The number of carbonyl (C=O) groups is 3. The minimum atomic E-state index is -1.17. The minimum absolute atomic E-state index is 0.00787. The van der Waals surface area contributed by atoms with Gasteiger partial charge in [0.2, 0.25) is 5.36 Å². The predicted octanol–water partition coefficient (Wildman–Crippen LogP) is 3.78. The number of hydrogen-bond donors (Lipinski definition) is 6. The van der Waals surface area contributed by atoms with Gasteiger partial charge in [-0.2, -0.15) is 0 Å². The van der Waals surface area contributed by atoms with Crippen molar-refractivity contribution in [2.45, 2.75) is 165 Å². The lowest BCUT2D eigenvalue weighted by Gasteiger charge is -2.39. The number of alkyl carbamates (subject to hydrolysis) is 1. The summed E-state index contributed by atoms with van der Waals surface area (Å²) >= 11 is 0. The fraction of sp³-hybridized carbons (Fsp3) is 0.532. The second-order valence-electron chi connectivity index (χ2n) is 24.0. The van der Waals surface area contributed by atoms with Crippen LogP contribution in [0.4, 0.5) is 16.3 Å². The van der Waals surface area contributed by atoms with Gasteiger partial charge in [0.05, 0.1) is 36.5 Å². The van der Waals surface area contributed by atoms with Crippen molar-refractivity contribution in [1.29, 1.82) is 0 Å². The number of amides is 2. The number of aliphatic carboxylic acids is 1. The van der Waals surface area contributed by atoms with Crippen LogP contribution < -0.4 is 47.3 Å². The van der Waals surface area contributed by atoms with Crippen molar-refractivity contribution in [2.24, 2.45) is 11.5 Å². The number of aromatic nitrogens is 7. The van der Waals surface area contributed by atoms with E-state index in [-0.39, 0.29) is 37.3 Å². The number of hydrogen-bond acceptors (Lipinski definition) is 17. The van der Waals surface area contributed by atoms with Crippen molar-refractivity contribution in [3.05, 3.63) is 110 Å². The van der Waals surface area contributed by atoms with Gasteiger partial charge in [0.1, 0.15) is 60.8 Å². The second kappa shape index (κ2) is 24.4. The third-order valence-corrected chi connectivity index (χ3v) is 18.5. The van der Waals surface area contributed by atoms with Gasteiger partial charge < -0.3 is 61.5 Å². The number of aliphatic hydroxyl groups is 1. The maximum Gasteiger partial charge on any atom is 0.407 e. The summed E-state index contributed by atoms with van der Waals surface area (Å²) in [6.07, 6.45) is 13.6. The monoisotopic (exact) mass is 1160 g/mol. The molecule has 3 aromatic heterocycles. The van der Waals surface area contributed by atoms with Crippen LogP contribution in [0.2, 0.25) is 0 Å². The summed E-state index contributed by atoms with van der Waals surface area (Å²) in [5.74, 6) is 1.03. The van der Waals surface area contributed by atoms with E-state index in [1.807, 2.05) is 17.0 Å². The summed E-state index contributed by atoms with van der Waals surface area (Å²) in [6, 6.07) is 11.4. The maximum atomic E-state index is 14.9. The Morgan fingerprint density at radius 1 is 0.871 bits per heavy atom. The van der Waals surface area contributed by atoms with E-state index in [9.17, 15) is 24.6 Å². The summed E-state index contributed by atoms with van der Waals surface area (Å²) in [5, 5.41) is 34.9. The van der Waals surface area contributed by atoms with Crippen LogP contribution in [0.3, 0.4) is 0 Å². The molecule has 0 bridgehead atoms. The Morgan fingerprint density at radius 3 is 2.51 bits per heavy atom. The van der Waals surface area contributed by atoms with Gasteiger partial charge in [-0.1, -0.05) is 36.3 Å². The average molecular weight is 1160 g/mol. The molecule has 0 saturated carbocycles. The van der Waals surface area contributed by atoms with Gasteiger partial charge in [-0.05, 0) is 100.0 Å². The molecule has 10 heterocycles. The number of benzene rings is 3. The molecule has 448 valence electrons.